The summed E-state index contributed by atoms with van der Waals surface area (Å²) in [6.45, 7) is 11.8. The van der Waals surface area contributed by atoms with E-state index in [9.17, 15) is 4.79 Å². The molecule has 2 rings (SSSR count). The van der Waals surface area contributed by atoms with Gasteiger partial charge in [0, 0.05) is 30.4 Å². The van der Waals surface area contributed by atoms with Crippen molar-refractivity contribution in [3.8, 4) is 0 Å². The second-order valence-corrected chi connectivity index (χ2v) is 8.25. The Morgan fingerprint density at radius 3 is 2.68 bits per heavy atom. The molecule has 1 aliphatic rings. The zero-order valence-electron chi connectivity index (χ0n) is 14.2. The summed E-state index contributed by atoms with van der Waals surface area (Å²) in [6, 6.07) is 0. The maximum absolute atomic E-state index is 12.2. The first-order valence-corrected chi connectivity index (χ1v) is 8.65. The molecule has 1 amide bonds. The number of ether oxygens (including phenoxy) is 1. The van der Waals surface area contributed by atoms with Gasteiger partial charge in [-0.3, -0.25) is 0 Å². The highest BCUT2D eigenvalue weighted by Crippen LogP contribution is 2.34. The number of rotatable bonds is 3. The summed E-state index contributed by atoms with van der Waals surface area (Å²) in [6.07, 6.45) is 0.732. The second-order valence-electron chi connectivity index (χ2n) is 7.01. The summed E-state index contributed by atoms with van der Waals surface area (Å²) in [5.41, 5.74) is 6.63. The second kappa shape index (κ2) is 6.54. The van der Waals surface area contributed by atoms with Crippen LogP contribution in [-0.4, -0.2) is 41.2 Å². The predicted molar refractivity (Wildman–Crippen MR) is 89.3 cm³/mol. The molecule has 0 radical (unpaired) electrons. The van der Waals surface area contributed by atoms with Gasteiger partial charge in [-0.1, -0.05) is 0 Å². The largest absolute Gasteiger partial charge is 0.444 e. The molecule has 2 atom stereocenters. The van der Waals surface area contributed by atoms with Crippen molar-refractivity contribution >= 4 is 17.4 Å². The number of carbonyl (C=O) groups is 1. The van der Waals surface area contributed by atoms with Crippen molar-refractivity contribution in [2.24, 2.45) is 11.7 Å². The van der Waals surface area contributed by atoms with Crippen LogP contribution in [0.1, 0.15) is 48.7 Å². The zero-order valence-corrected chi connectivity index (χ0v) is 15.0. The molecule has 1 aliphatic heterocycles. The minimum Gasteiger partial charge on any atom is -0.444 e. The molecule has 0 aromatic carbocycles. The SMILES string of the molecule is Cc1nc(C(CN)C2CCN(C(=O)OC(C)(C)C)C2)sc1C. The van der Waals surface area contributed by atoms with Crippen LogP contribution in [0, 0.1) is 19.8 Å². The molecular weight excluding hydrogens is 298 g/mol. The summed E-state index contributed by atoms with van der Waals surface area (Å²) in [4.78, 5) is 19.9. The summed E-state index contributed by atoms with van der Waals surface area (Å²) in [5, 5.41) is 1.11. The predicted octanol–water partition coefficient (Wildman–Crippen LogP) is 3.06. The van der Waals surface area contributed by atoms with E-state index in [1.165, 1.54) is 4.88 Å². The molecule has 2 heterocycles. The minimum absolute atomic E-state index is 0.225. The third-order valence-electron chi connectivity index (χ3n) is 4.06. The number of nitrogens with two attached hydrogens (primary N) is 1. The van der Waals surface area contributed by atoms with Crippen molar-refractivity contribution in [2.75, 3.05) is 19.6 Å². The van der Waals surface area contributed by atoms with Crippen LogP contribution >= 0.6 is 11.3 Å². The first kappa shape index (κ1) is 17.2. The van der Waals surface area contributed by atoms with Crippen LogP contribution in [0.3, 0.4) is 0 Å². The molecule has 5 nitrogen and oxygen atoms in total. The van der Waals surface area contributed by atoms with Crippen molar-refractivity contribution in [3.05, 3.63) is 15.6 Å². The molecule has 22 heavy (non-hydrogen) atoms. The van der Waals surface area contributed by atoms with E-state index in [0.717, 1.165) is 23.7 Å². The van der Waals surface area contributed by atoms with Crippen LogP contribution in [0.4, 0.5) is 4.79 Å². The number of hydrogen-bond donors (Lipinski definition) is 1. The molecule has 2 unspecified atom stereocenters. The quantitative estimate of drug-likeness (QED) is 0.927. The Morgan fingerprint density at radius 2 is 2.18 bits per heavy atom. The van der Waals surface area contributed by atoms with E-state index in [4.69, 9.17) is 10.5 Å². The van der Waals surface area contributed by atoms with E-state index in [0.29, 0.717) is 19.0 Å². The lowest BCUT2D eigenvalue weighted by Crippen LogP contribution is -2.36. The molecule has 2 N–H and O–H groups in total. The van der Waals surface area contributed by atoms with Crippen LogP contribution in [-0.2, 0) is 4.74 Å². The van der Waals surface area contributed by atoms with Gasteiger partial charge in [0.25, 0.3) is 0 Å². The fraction of sp³-hybridized carbons (Fsp3) is 0.750. The minimum atomic E-state index is -0.452. The molecule has 1 aromatic rings. The Labute approximate surface area is 136 Å². The van der Waals surface area contributed by atoms with Crippen LogP contribution in [0.25, 0.3) is 0 Å². The maximum Gasteiger partial charge on any atom is 0.410 e. The highest BCUT2D eigenvalue weighted by Gasteiger charge is 2.35. The molecule has 0 aliphatic carbocycles. The number of likely N-dealkylation sites (tertiary alicyclic amines) is 1. The van der Waals surface area contributed by atoms with Gasteiger partial charge < -0.3 is 15.4 Å². The van der Waals surface area contributed by atoms with E-state index in [2.05, 4.69) is 11.9 Å². The summed E-state index contributed by atoms with van der Waals surface area (Å²) >= 11 is 1.73. The normalized spacial score (nSPS) is 20.3. The van der Waals surface area contributed by atoms with E-state index in [1.807, 2.05) is 27.7 Å². The number of aromatic nitrogens is 1. The van der Waals surface area contributed by atoms with Gasteiger partial charge in [-0.05, 0) is 47.0 Å². The van der Waals surface area contributed by atoms with Gasteiger partial charge in [0.2, 0.25) is 0 Å². The highest BCUT2D eigenvalue weighted by atomic mass is 32.1. The van der Waals surface area contributed by atoms with E-state index >= 15 is 0 Å². The lowest BCUT2D eigenvalue weighted by atomic mass is 9.92. The number of carbonyl (C=O) groups excluding carboxylic acids is 1. The molecule has 6 heteroatoms. The van der Waals surface area contributed by atoms with Gasteiger partial charge in [0.05, 0.1) is 10.7 Å². The smallest absolute Gasteiger partial charge is 0.410 e. The Balaban J connectivity index is 2.03. The third-order valence-corrected chi connectivity index (χ3v) is 5.27. The molecule has 1 saturated heterocycles. The van der Waals surface area contributed by atoms with Crippen LogP contribution in [0.15, 0.2) is 0 Å². The molecule has 0 saturated carbocycles. The first-order valence-electron chi connectivity index (χ1n) is 7.83. The van der Waals surface area contributed by atoms with Gasteiger partial charge in [-0.25, -0.2) is 9.78 Å². The summed E-state index contributed by atoms with van der Waals surface area (Å²) in [7, 11) is 0. The first-order chi connectivity index (χ1) is 10.2. The topological polar surface area (TPSA) is 68.5 Å². The number of aryl methyl sites for hydroxylation is 2. The fourth-order valence-corrected chi connectivity index (χ4v) is 3.89. The molecule has 0 bridgehead atoms. The van der Waals surface area contributed by atoms with E-state index in [-0.39, 0.29) is 12.0 Å². The zero-order chi connectivity index (χ0) is 16.5. The summed E-state index contributed by atoms with van der Waals surface area (Å²) in [5.74, 6) is 0.590. The van der Waals surface area contributed by atoms with Gasteiger partial charge in [-0.2, -0.15) is 0 Å². The fourth-order valence-electron chi connectivity index (χ4n) is 2.76. The Kier molecular flexibility index (Phi) is 5.12. The number of amides is 1. The van der Waals surface area contributed by atoms with Crippen molar-refractivity contribution in [1.82, 2.24) is 9.88 Å². The molecule has 0 spiro atoms. The molecular formula is C16H27N3O2S. The lowest BCUT2D eigenvalue weighted by molar-refractivity contribution is 0.0286. The molecule has 1 fully saturated rings. The number of thiazole rings is 1. The Morgan fingerprint density at radius 1 is 1.50 bits per heavy atom. The standard InChI is InChI=1S/C16H27N3O2S/c1-10-11(2)22-14(18-10)13(8-17)12-6-7-19(9-12)15(20)21-16(3,4)5/h12-13H,6-9,17H2,1-5H3. The van der Waals surface area contributed by atoms with Crippen molar-refractivity contribution in [1.29, 1.82) is 0 Å². The van der Waals surface area contributed by atoms with E-state index in [1.54, 1.807) is 16.2 Å². The third kappa shape index (κ3) is 3.98. The Bertz CT molecular complexity index is 516. The van der Waals surface area contributed by atoms with Gasteiger partial charge in [-0.15, -0.1) is 11.3 Å². The maximum atomic E-state index is 12.2. The van der Waals surface area contributed by atoms with Crippen molar-refractivity contribution in [3.63, 3.8) is 0 Å². The number of hydrogen-bond acceptors (Lipinski definition) is 5. The summed E-state index contributed by atoms with van der Waals surface area (Å²) < 4.78 is 5.46. The van der Waals surface area contributed by atoms with Gasteiger partial charge in [0.15, 0.2) is 0 Å². The van der Waals surface area contributed by atoms with Crippen LogP contribution < -0.4 is 5.73 Å². The van der Waals surface area contributed by atoms with Crippen molar-refractivity contribution in [2.45, 2.75) is 52.6 Å². The van der Waals surface area contributed by atoms with Crippen LogP contribution in [0.5, 0.6) is 0 Å². The molecule has 1 aromatic heterocycles. The number of nitrogens with zero attached hydrogens (tertiary/aromatic N) is 2. The lowest BCUT2D eigenvalue weighted by Gasteiger charge is -2.25. The molecule has 124 valence electrons. The van der Waals surface area contributed by atoms with E-state index < -0.39 is 5.60 Å². The van der Waals surface area contributed by atoms with Crippen LogP contribution in [0.2, 0.25) is 0 Å². The average Bonchev–Trinajstić information content (AvgIpc) is 2.97. The highest BCUT2D eigenvalue weighted by molar-refractivity contribution is 7.11. The monoisotopic (exact) mass is 325 g/mol. The van der Waals surface area contributed by atoms with Gasteiger partial charge in [0.1, 0.15) is 5.60 Å². The Hall–Kier alpha value is -1.14. The average molecular weight is 325 g/mol. The van der Waals surface area contributed by atoms with Crippen molar-refractivity contribution < 1.29 is 9.53 Å². The van der Waals surface area contributed by atoms with Gasteiger partial charge >= 0.3 is 6.09 Å².